The van der Waals surface area contributed by atoms with Gasteiger partial charge in [-0.25, -0.2) is 0 Å². The van der Waals surface area contributed by atoms with E-state index in [4.69, 9.17) is 23.2 Å². The Morgan fingerprint density at radius 3 is 2.53 bits per heavy atom. The normalized spacial score (nSPS) is 12.8. The predicted molar refractivity (Wildman–Crippen MR) is 80.6 cm³/mol. The molecule has 1 aromatic carbocycles. The lowest BCUT2D eigenvalue weighted by atomic mass is 10.0. The van der Waals surface area contributed by atoms with Crippen LogP contribution in [-0.4, -0.2) is 0 Å². The zero-order valence-electron chi connectivity index (χ0n) is 9.43. The van der Waals surface area contributed by atoms with E-state index in [0.717, 1.165) is 25.5 Å². The summed E-state index contributed by atoms with van der Waals surface area (Å²) in [5.74, 6) is 0. The number of rotatable bonds is 2. The van der Waals surface area contributed by atoms with Gasteiger partial charge in [0, 0.05) is 9.90 Å². The maximum Gasteiger partial charge on any atom is 0.0849 e. The highest BCUT2D eigenvalue weighted by molar-refractivity contribution is 9.11. The molecule has 0 spiro atoms. The largest absolute Gasteiger partial charge is 0.133 e. The number of alkyl halides is 1. The molecule has 1 aromatic heterocycles. The fraction of sp³-hybridized carbons (Fsp3) is 0.231. The maximum absolute atomic E-state index is 6.55. The van der Waals surface area contributed by atoms with Gasteiger partial charge in [0.15, 0.2) is 0 Å². The van der Waals surface area contributed by atoms with Gasteiger partial charge < -0.3 is 0 Å². The van der Waals surface area contributed by atoms with Crippen LogP contribution in [0.3, 0.4) is 0 Å². The molecule has 0 fully saturated rings. The third kappa shape index (κ3) is 2.70. The molecule has 0 aliphatic carbocycles. The maximum atomic E-state index is 6.55. The van der Waals surface area contributed by atoms with E-state index in [2.05, 4.69) is 28.9 Å². The Labute approximate surface area is 124 Å². The van der Waals surface area contributed by atoms with E-state index in [0.29, 0.717) is 0 Å². The standard InChI is InChI=1S/C13H11BrCl2S/c1-7-9(4-3-5-11(7)15)13(16)10-6-12(14)17-8(10)2/h3-6,13H,1-2H3. The summed E-state index contributed by atoms with van der Waals surface area (Å²) < 4.78 is 1.11. The summed E-state index contributed by atoms with van der Waals surface area (Å²) in [6, 6.07) is 7.94. The Kier molecular flexibility index (Phi) is 4.19. The van der Waals surface area contributed by atoms with Crippen LogP contribution < -0.4 is 0 Å². The predicted octanol–water partition coefficient (Wildman–Crippen LogP) is 6.11. The zero-order chi connectivity index (χ0) is 12.6. The molecule has 0 nitrogen and oxygen atoms in total. The molecule has 0 aliphatic rings. The van der Waals surface area contributed by atoms with Gasteiger partial charge in [-0.15, -0.1) is 22.9 Å². The van der Waals surface area contributed by atoms with Crippen LogP contribution in [0.1, 0.15) is 26.9 Å². The lowest BCUT2D eigenvalue weighted by Gasteiger charge is -2.13. The van der Waals surface area contributed by atoms with Gasteiger partial charge in [0.1, 0.15) is 0 Å². The third-order valence-electron chi connectivity index (χ3n) is 2.78. The van der Waals surface area contributed by atoms with E-state index < -0.39 is 0 Å². The third-order valence-corrected chi connectivity index (χ3v) is 5.23. The molecule has 17 heavy (non-hydrogen) atoms. The van der Waals surface area contributed by atoms with E-state index in [-0.39, 0.29) is 5.38 Å². The number of aryl methyl sites for hydroxylation is 1. The highest BCUT2D eigenvalue weighted by Gasteiger charge is 2.18. The van der Waals surface area contributed by atoms with Crippen LogP contribution in [0.25, 0.3) is 0 Å². The van der Waals surface area contributed by atoms with Crippen LogP contribution in [0.2, 0.25) is 5.02 Å². The summed E-state index contributed by atoms with van der Waals surface area (Å²) in [5.41, 5.74) is 3.28. The summed E-state index contributed by atoms with van der Waals surface area (Å²) in [7, 11) is 0. The Hall–Kier alpha value is -0.0200. The number of halogens is 3. The van der Waals surface area contributed by atoms with Crippen molar-refractivity contribution in [2.24, 2.45) is 0 Å². The number of hydrogen-bond donors (Lipinski definition) is 0. The number of benzene rings is 1. The molecule has 0 saturated heterocycles. The summed E-state index contributed by atoms with van der Waals surface area (Å²) in [6.07, 6.45) is 0. The molecule has 4 heteroatoms. The molecule has 2 aromatic rings. The molecule has 0 bridgehead atoms. The monoisotopic (exact) mass is 348 g/mol. The molecule has 90 valence electrons. The first-order valence-electron chi connectivity index (χ1n) is 5.15. The van der Waals surface area contributed by atoms with Crippen LogP contribution in [0.4, 0.5) is 0 Å². The van der Waals surface area contributed by atoms with Gasteiger partial charge in [-0.1, -0.05) is 23.7 Å². The first-order valence-corrected chi connectivity index (χ1v) is 7.58. The molecule has 0 aliphatic heterocycles. The van der Waals surface area contributed by atoms with Crippen LogP contribution >= 0.6 is 50.5 Å². The fourth-order valence-electron chi connectivity index (χ4n) is 1.78. The van der Waals surface area contributed by atoms with Gasteiger partial charge in [0.05, 0.1) is 9.16 Å². The van der Waals surface area contributed by atoms with Crippen molar-refractivity contribution in [2.45, 2.75) is 19.2 Å². The zero-order valence-corrected chi connectivity index (χ0v) is 13.3. The first-order chi connectivity index (χ1) is 8.00. The molecular weight excluding hydrogens is 339 g/mol. The average molecular weight is 350 g/mol. The van der Waals surface area contributed by atoms with Gasteiger partial charge in [0.2, 0.25) is 0 Å². The van der Waals surface area contributed by atoms with E-state index in [1.54, 1.807) is 11.3 Å². The van der Waals surface area contributed by atoms with Crippen molar-refractivity contribution in [1.82, 2.24) is 0 Å². The average Bonchev–Trinajstić information content (AvgIpc) is 2.61. The van der Waals surface area contributed by atoms with Gasteiger partial charge in [-0.05, 0) is 58.6 Å². The molecular formula is C13H11BrCl2S. The molecule has 1 atom stereocenters. The number of thiophene rings is 1. The Bertz CT molecular complexity index is 548. The highest BCUT2D eigenvalue weighted by atomic mass is 79.9. The van der Waals surface area contributed by atoms with Crippen molar-refractivity contribution in [3.8, 4) is 0 Å². The van der Waals surface area contributed by atoms with Crippen LogP contribution in [0.5, 0.6) is 0 Å². The van der Waals surface area contributed by atoms with Crippen molar-refractivity contribution < 1.29 is 0 Å². The highest BCUT2D eigenvalue weighted by Crippen LogP contribution is 2.39. The summed E-state index contributed by atoms with van der Waals surface area (Å²) >= 11 is 17.9. The minimum atomic E-state index is -0.142. The molecule has 0 saturated carbocycles. The van der Waals surface area contributed by atoms with Crippen LogP contribution in [0.15, 0.2) is 28.1 Å². The summed E-state index contributed by atoms with van der Waals surface area (Å²) in [4.78, 5) is 1.23. The van der Waals surface area contributed by atoms with E-state index in [1.807, 2.05) is 25.1 Å². The molecule has 1 unspecified atom stereocenters. The van der Waals surface area contributed by atoms with Gasteiger partial charge in [0.25, 0.3) is 0 Å². The second-order valence-electron chi connectivity index (χ2n) is 3.88. The van der Waals surface area contributed by atoms with Crippen LogP contribution in [-0.2, 0) is 0 Å². The van der Waals surface area contributed by atoms with E-state index >= 15 is 0 Å². The second kappa shape index (κ2) is 5.31. The smallest absolute Gasteiger partial charge is 0.0849 e. The Morgan fingerprint density at radius 2 is 1.94 bits per heavy atom. The van der Waals surface area contributed by atoms with Crippen LogP contribution in [0, 0.1) is 13.8 Å². The molecule has 1 heterocycles. The summed E-state index contributed by atoms with van der Waals surface area (Å²) in [6.45, 7) is 4.09. The van der Waals surface area contributed by atoms with Crippen molar-refractivity contribution in [2.75, 3.05) is 0 Å². The topological polar surface area (TPSA) is 0 Å². The van der Waals surface area contributed by atoms with Crippen molar-refractivity contribution in [3.63, 3.8) is 0 Å². The molecule has 0 radical (unpaired) electrons. The minimum absolute atomic E-state index is 0.142. The molecule has 0 amide bonds. The van der Waals surface area contributed by atoms with E-state index in [9.17, 15) is 0 Å². The van der Waals surface area contributed by atoms with Gasteiger partial charge in [-0.3, -0.25) is 0 Å². The van der Waals surface area contributed by atoms with Crippen molar-refractivity contribution in [3.05, 3.63) is 54.6 Å². The Balaban J connectivity index is 2.47. The van der Waals surface area contributed by atoms with E-state index in [1.165, 1.54) is 4.88 Å². The first kappa shape index (κ1) is 13.4. The van der Waals surface area contributed by atoms with Gasteiger partial charge in [-0.2, -0.15) is 0 Å². The van der Waals surface area contributed by atoms with Crippen molar-refractivity contribution in [1.29, 1.82) is 0 Å². The quantitative estimate of drug-likeness (QED) is 0.574. The SMILES string of the molecule is Cc1sc(Br)cc1C(Cl)c1cccc(Cl)c1C. The van der Waals surface area contributed by atoms with Crippen molar-refractivity contribution >= 4 is 50.5 Å². The number of hydrogen-bond acceptors (Lipinski definition) is 1. The fourth-order valence-corrected chi connectivity index (χ4v) is 4.23. The second-order valence-corrected chi connectivity index (χ2v) is 7.36. The summed E-state index contributed by atoms with van der Waals surface area (Å²) in [5, 5.41) is 0.622. The molecule has 0 N–H and O–H groups in total. The lowest BCUT2D eigenvalue weighted by Crippen LogP contribution is -1.96. The lowest BCUT2D eigenvalue weighted by molar-refractivity contribution is 1.11. The Morgan fingerprint density at radius 1 is 1.24 bits per heavy atom. The minimum Gasteiger partial charge on any atom is -0.133 e. The molecule has 2 rings (SSSR count). The van der Waals surface area contributed by atoms with Gasteiger partial charge >= 0.3 is 0 Å².